The Morgan fingerprint density at radius 3 is 2.64 bits per heavy atom. The number of oxazole rings is 1. The molecule has 1 N–H and O–H groups in total. The van der Waals surface area contributed by atoms with E-state index < -0.39 is 16.4 Å². The highest BCUT2D eigenvalue weighted by Crippen LogP contribution is 2.08. The third-order valence-electron chi connectivity index (χ3n) is 0.984. The maximum Gasteiger partial charge on any atom is 0.416 e. The maximum atomic E-state index is 10.9. The van der Waals surface area contributed by atoms with Crippen molar-refractivity contribution in [1.82, 2.24) is 4.98 Å². The van der Waals surface area contributed by atoms with Gasteiger partial charge in [0.15, 0.2) is 4.84 Å². The molecule has 0 bridgehead atoms. The zero-order valence-electron chi connectivity index (χ0n) is 5.14. The highest BCUT2D eigenvalue weighted by molar-refractivity contribution is 6.55. The highest BCUT2D eigenvalue weighted by Gasteiger charge is 2.16. The van der Waals surface area contributed by atoms with Crippen molar-refractivity contribution in [2.75, 3.05) is 0 Å². The first-order valence-electron chi connectivity index (χ1n) is 2.61. The summed E-state index contributed by atoms with van der Waals surface area (Å²) in [7, 11) is 0. The minimum Gasteiger partial charge on any atom is -0.416 e. The van der Waals surface area contributed by atoms with E-state index in [0.717, 1.165) is 6.26 Å². The smallest absolute Gasteiger partial charge is 0.416 e. The quantitative estimate of drug-likeness (QED) is 0.565. The molecular formula is C5H3Cl2NO3. The van der Waals surface area contributed by atoms with Gasteiger partial charge in [-0.05, 0) is 0 Å². The van der Waals surface area contributed by atoms with Crippen LogP contribution in [0.4, 0.5) is 0 Å². The van der Waals surface area contributed by atoms with E-state index in [0.29, 0.717) is 0 Å². The molecule has 0 aromatic carbocycles. The Bertz CT molecular complexity index is 314. The molecular weight excluding hydrogens is 193 g/mol. The molecule has 4 nitrogen and oxygen atoms in total. The van der Waals surface area contributed by atoms with Crippen LogP contribution in [-0.2, 0) is 0 Å². The normalized spacial score (nSPS) is 10.5. The number of H-pyrrole nitrogens is 1. The van der Waals surface area contributed by atoms with Gasteiger partial charge in [0.1, 0.15) is 12.0 Å². The Balaban J connectivity index is 2.94. The third-order valence-corrected chi connectivity index (χ3v) is 1.38. The predicted octanol–water partition coefficient (Wildman–Crippen LogP) is 0.954. The molecule has 0 atom stereocenters. The zero-order valence-corrected chi connectivity index (χ0v) is 6.65. The highest BCUT2D eigenvalue weighted by atomic mass is 35.5. The van der Waals surface area contributed by atoms with Crippen molar-refractivity contribution in [3.05, 3.63) is 22.5 Å². The fourth-order valence-electron chi connectivity index (χ4n) is 0.519. The van der Waals surface area contributed by atoms with Gasteiger partial charge in [-0.15, -0.1) is 0 Å². The average molecular weight is 196 g/mol. The minimum absolute atomic E-state index is 0.0231. The fourth-order valence-corrected chi connectivity index (χ4v) is 0.754. The molecule has 0 aliphatic rings. The molecule has 1 heterocycles. The molecule has 0 radical (unpaired) electrons. The van der Waals surface area contributed by atoms with Crippen molar-refractivity contribution in [1.29, 1.82) is 0 Å². The molecule has 0 saturated carbocycles. The molecule has 6 heteroatoms. The van der Waals surface area contributed by atoms with Crippen molar-refractivity contribution < 1.29 is 9.21 Å². The van der Waals surface area contributed by atoms with Crippen LogP contribution >= 0.6 is 23.2 Å². The second kappa shape index (κ2) is 3.11. The number of nitrogens with one attached hydrogen (secondary N) is 1. The lowest BCUT2D eigenvalue weighted by atomic mass is 10.3. The molecule has 11 heavy (non-hydrogen) atoms. The van der Waals surface area contributed by atoms with Crippen LogP contribution in [0.5, 0.6) is 0 Å². The van der Waals surface area contributed by atoms with Crippen molar-refractivity contribution >= 4 is 29.0 Å². The Morgan fingerprint density at radius 1 is 1.64 bits per heavy atom. The van der Waals surface area contributed by atoms with E-state index in [1.165, 1.54) is 0 Å². The Morgan fingerprint density at radius 2 is 2.27 bits per heavy atom. The van der Waals surface area contributed by atoms with E-state index in [1.54, 1.807) is 0 Å². The third kappa shape index (κ3) is 1.85. The summed E-state index contributed by atoms with van der Waals surface area (Å²) in [5.41, 5.74) is -0.0231. The predicted molar refractivity (Wildman–Crippen MR) is 39.2 cm³/mol. The Kier molecular flexibility index (Phi) is 2.36. The van der Waals surface area contributed by atoms with Crippen molar-refractivity contribution in [2.45, 2.75) is 4.84 Å². The second-order valence-corrected chi connectivity index (χ2v) is 2.82. The monoisotopic (exact) mass is 195 g/mol. The summed E-state index contributed by atoms with van der Waals surface area (Å²) >= 11 is 10.4. The van der Waals surface area contributed by atoms with Crippen LogP contribution < -0.4 is 5.76 Å². The van der Waals surface area contributed by atoms with Gasteiger partial charge in [0.2, 0.25) is 5.78 Å². The van der Waals surface area contributed by atoms with E-state index in [4.69, 9.17) is 23.2 Å². The number of hydrogen-bond acceptors (Lipinski definition) is 3. The summed E-state index contributed by atoms with van der Waals surface area (Å²) in [5, 5.41) is 0. The van der Waals surface area contributed by atoms with E-state index in [-0.39, 0.29) is 5.69 Å². The van der Waals surface area contributed by atoms with Crippen LogP contribution in [0.2, 0.25) is 0 Å². The van der Waals surface area contributed by atoms with E-state index in [2.05, 4.69) is 9.40 Å². The van der Waals surface area contributed by atoms with E-state index in [9.17, 15) is 9.59 Å². The number of Topliss-reactive ketones (excluding diaryl/α,β-unsaturated/α-hetero) is 1. The molecule has 1 rings (SSSR count). The van der Waals surface area contributed by atoms with Crippen LogP contribution in [0.15, 0.2) is 15.5 Å². The summed E-state index contributed by atoms with van der Waals surface area (Å²) in [6.45, 7) is 0. The lowest BCUT2D eigenvalue weighted by Gasteiger charge is -1.92. The lowest BCUT2D eigenvalue weighted by Crippen LogP contribution is -2.10. The summed E-state index contributed by atoms with van der Waals surface area (Å²) in [5.74, 6) is -1.29. The van der Waals surface area contributed by atoms with Gasteiger partial charge in [-0.2, -0.15) is 0 Å². The van der Waals surface area contributed by atoms with Crippen molar-refractivity contribution in [3.63, 3.8) is 0 Å². The summed E-state index contributed by atoms with van der Waals surface area (Å²) < 4.78 is 4.29. The number of halogens is 2. The number of ketones is 1. The van der Waals surface area contributed by atoms with Crippen LogP contribution in [0.3, 0.4) is 0 Å². The summed E-state index contributed by atoms with van der Waals surface area (Å²) in [6, 6.07) is 0. The van der Waals surface area contributed by atoms with Gasteiger partial charge in [0.25, 0.3) is 0 Å². The van der Waals surface area contributed by atoms with Gasteiger partial charge in [-0.3, -0.25) is 9.78 Å². The van der Waals surface area contributed by atoms with Crippen LogP contribution in [0.25, 0.3) is 0 Å². The van der Waals surface area contributed by atoms with Gasteiger partial charge >= 0.3 is 5.76 Å². The van der Waals surface area contributed by atoms with Gasteiger partial charge in [-0.1, -0.05) is 23.2 Å². The number of hydrogen-bond donors (Lipinski definition) is 1. The standard InChI is InChI=1S/C5H3Cl2NO3/c6-4(7)3(9)2-1-11-5(10)8-2/h1,4H,(H,8,10). The van der Waals surface area contributed by atoms with Crippen LogP contribution in [0.1, 0.15) is 10.5 Å². The molecule has 0 saturated heterocycles. The molecule has 0 unspecified atom stereocenters. The van der Waals surface area contributed by atoms with E-state index in [1.807, 2.05) is 0 Å². The van der Waals surface area contributed by atoms with Crippen molar-refractivity contribution in [3.8, 4) is 0 Å². The summed E-state index contributed by atoms with van der Waals surface area (Å²) in [6.07, 6.45) is 0.975. The number of aromatic amines is 1. The molecule has 0 fully saturated rings. The molecule has 1 aromatic heterocycles. The lowest BCUT2D eigenvalue weighted by molar-refractivity contribution is 0.100. The van der Waals surface area contributed by atoms with Crippen molar-refractivity contribution in [2.24, 2.45) is 0 Å². The molecule has 1 aromatic rings. The van der Waals surface area contributed by atoms with Crippen LogP contribution in [0, 0.1) is 0 Å². The second-order valence-electron chi connectivity index (χ2n) is 1.73. The first-order valence-corrected chi connectivity index (χ1v) is 3.48. The molecule has 0 spiro atoms. The maximum absolute atomic E-state index is 10.9. The minimum atomic E-state index is -1.18. The summed E-state index contributed by atoms with van der Waals surface area (Å²) in [4.78, 5) is 22.2. The van der Waals surface area contributed by atoms with Gasteiger partial charge < -0.3 is 4.42 Å². The van der Waals surface area contributed by atoms with Gasteiger partial charge in [0.05, 0.1) is 0 Å². The molecule has 0 aliphatic heterocycles. The molecule has 60 valence electrons. The van der Waals surface area contributed by atoms with Gasteiger partial charge in [0, 0.05) is 0 Å². The number of carbonyl (C=O) groups excluding carboxylic acids is 1. The average Bonchev–Trinajstić information content (AvgIpc) is 2.34. The topological polar surface area (TPSA) is 63.1 Å². The first kappa shape index (κ1) is 8.36. The molecule has 0 aliphatic carbocycles. The van der Waals surface area contributed by atoms with E-state index >= 15 is 0 Å². The van der Waals surface area contributed by atoms with Crippen LogP contribution in [-0.4, -0.2) is 15.6 Å². The van der Waals surface area contributed by atoms with Gasteiger partial charge in [-0.25, -0.2) is 4.79 Å². The number of carbonyl (C=O) groups is 1. The number of rotatable bonds is 2. The first-order chi connectivity index (χ1) is 5.11. The number of aromatic nitrogens is 1. The zero-order chi connectivity index (χ0) is 8.43. The SMILES string of the molecule is O=C(c1coc(=O)[nH]1)C(Cl)Cl. The Hall–Kier alpha value is -0.740. The number of alkyl halides is 2. The fraction of sp³-hybridized carbons (Fsp3) is 0.200. The largest absolute Gasteiger partial charge is 0.416 e. The molecule has 0 amide bonds. The Labute approximate surface area is 71.1 Å².